The van der Waals surface area contributed by atoms with E-state index in [1.165, 1.54) is 24.1 Å². The Bertz CT molecular complexity index is 629. The van der Waals surface area contributed by atoms with Crippen LogP contribution in [0, 0.1) is 5.82 Å². The van der Waals surface area contributed by atoms with Crippen molar-refractivity contribution in [3.05, 3.63) is 30.1 Å². The highest BCUT2D eigenvalue weighted by Crippen LogP contribution is 2.22. The largest absolute Gasteiger partial charge is 0.453 e. The summed E-state index contributed by atoms with van der Waals surface area (Å²) in [6, 6.07) is 6.16. The molecule has 2 aliphatic rings. The molecule has 2 fully saturated rings. The Morgan fingerprint density at radius 1 is 1.08 bits per heavy atom. The highest BCUT2D eigenvalue weighted by molar-refractivity contribution is 5.86. The van der Waals surface area contributed by atoms with E-state index in [4.69, 9.17) is 4.74 Å². The maximum absolute atomic E-state index is 13.0. The van der Waals surface area contributed by atoms with E-state index in [1.807, 2.05) is 0 Å². The van der Waals surface area contributed by atoms with Gasteiger partial charge in [-0.2, -0.15) is 0 Å². The fourth-order valence-electron chi connectivity index (χ4n) is 3.77. The van der Waals surface area contributed by atoms with Crippen LogP contribution in [-0.2, 0) is 9.53 Å². The van der Waals surface area contributed by atoms with Crippen molar-refractivity contribution in [2.75, 3.05) is 31.6 Å². The Morgan fingerprint density at radius 3 is 2.42 bits per heavy atom. The summed E-state index contributed by atoms with van der Waals surface area (Å²) in [4.78, 5) is 28.3. The van der Waals surface area contributed by atoms with Gasteiger partial charge in [0.25, 0.3) is 0 Å². The second-order valence-corrected chi connectivity index (χ2v) is 6.92. The lowest BCUT2D eigenvalue weighted by Gasteiger charge is -2.37. The van der Waals surface area contributed by atoms with Gasteiger partial charge in [-0.05, 0) is 56.4 Å². The summed E-state index contributed by atoms with van der Waals surface area (Å²) < 4.78 is 17.9. The molecule has 0 aromatic heterocycles. The predicted octanol–water partition coefficient (Wildman–Crippen LogP) is 2.53. The Morgan fingerprint density at radius 2 is 1.77 bits per heavy atom. The number of hydrogen-bond donors (Lipinski definition) is 1. The predicted molar refractivity (Wildman–Crippen MR) is 96.5 cm³/mol. The molecule has 1 aromatic carbocycles. The molecule has 26 heavy (non-hydrogen) atoms. The molecule has 0 bridgehead atoms. The van der Waals surface area contributed by atoms with Gasteiger partial charge in [-0.15, -0.1) is 0 Å². The summed E-state index contributed by atoms with van der Waals surface area (Å²) in [5, 5.41) is 3.10. The van der Waals surface area contributed by atoms with Crippen molar-refractivity contribution >= 4 is 17.7 Å². The van der Waals surface area contributed by atoms with E-state index in [0.717, 1.165) is 44.5 Å². The van der Waals surface area contributed by atoms with Crippen molar-refractivity contribution in [1.29, 1.82) is 0 Å². The first-order chi connectivity index (χ1) is 12.6. The summed E-state index contributed by atoms with van der Waals surface area (Å²) in [5.74, 6) is -0.325. The van der Waals surface area contributed by atoms with Crippen LogP contribution < -0.4 is 10.2 Å². The molecule has 2 heterocycles. The molecule has 2 amide bonds. The standard InChI is InChI=1S/C19H26FN3O3/c1-26-19(25)23-11-3-2-4-17(23)18(24)21-15-9-12-22(13-10-15)16-7-5-14(20)6-8-16/h5-8,15,17H,2-4,9-13H2,1H3,(H,21,24). The first kappa shape index (κ1) is 18.5. The van der Waals surface area contributed by atoms with Crippen molar-refractivity contribution in [2.24, 2.45) is 0 Å². The number of anilines is 1. The number of likely N-dealkylation sites (tertiary alicyclic amines) is 1. The van der Waals surface area contributed by atoms with Gasteiger partial charge in [0.2, 0.25) is 5.91 Å². The number of halogens is 1. The second-order valence-electron chi connectivity index (χ2n) is 6.92. The van der Waals surface area contributed by atoms with Crippen LogP contribution in [0.4, 0.5) is 14.9 Å². The van der Waals surface area contributed by atoms with Crippen LogP contribution in [-0.4, -0.2) is 55.7 Å². The quantitative estimate of drug-likeness (QED) is 0.896. The lowest BCUT2D eigenvalue weighted by atomic mass is 9.99. The van der Waals surface area contributed by atoms with E-state index in [2.05, 4.69) is 10.2 Å². The molecule has 2 saturated heterocycles. The van der Waals surface area contributed by atoms with Crippen LogP contribution in [0.3, 0.4) is 0 Å². The average Bonchev–Trinajstić information content (AvgIpc) is 2.68. The zero-order valence-electron chi connectivity index (χ0n) is 15.1. The van der Waals surface area contributed by atoms with Crippen molar-refractivity contribution in [3.63, 3.8) is 0 Å². The molecule has 0 saturated carbocycles. The van der Waals surface area contributed by atoms with Gasteiger partial charge in [0.15, 0.2) is 0 Å². The van der Waals surface area contributed by atoms with Gasteiger partial charge in [-0.3, -0.25) is 9.69 Å². The van der Waals surface area contributed by atoms with E-state index in [0.29, 0.717) is 13.0 Å². The highest BCUT2D eigenvalue weighted by Gasteiger charge is 2.34. The molecule has 1 unspecified atom stereocenters. The van der Waals surface area contributed by atoms with Gasteiger partial charge in [-0.25, -0.2) is 9.18 Å². The van der Waals surface area contributed by atoms with Crippen LogP contribution in [0.25, 0.3) is 0 Å². The molecule has 142 valence electrons. The summed E-state index contributed by atoms with van der Waals surface area (Å²) in [6.07, 6.45) is 3.73. The SMILES string of the molecule is COC(=O)N1CCCCC1C(=O)NC1CCN(c2ccc(F)cc2)CC1. The van der Waals surface area contributed by atoms with E-state index in [9.17, 15) is 14.0 Å². The zero-order chi connectivity index (χ0) is 18.5. The number of ether oxygens (including phenoxy) is 1. The van der Waals surface area contributed by atoms with Gasteiger partial charge in [0.05, 0.1) is 7.11 Å². The van der Waals surface area contributed by atoms with E-state index >= 15 is 0 Å². The minimum Gasteiger partial charge on any atom is -0.453 e. The number of hydrogen-bond acceptors (Lipinski definition) is 4. The first-order valence-electron chi connectivity index (χ1n) is 9.24. The number of carbonyl (C=O) groups excluding carboxylic acids is 2. The molecular formula is C19H26FN3O3. The van der Waals surface area contributed by atoms with E-state index < -0.39 is 12.1 Å². The lowest BCUT2D eigenvalue weighted by molar-refractivity contribution is -0.127. The van der Waals surface area contributed by atoms with Crippen molar-refractivity contribution in [2.45, 2.75) is 44.2 Å². The molecule has 7 heteroatoms. The summed E-state index contributed by atoms with van der Waals surface area (Å²) >= 11 is 0. The van der Waals surface area contributed by atoms with Gasteiger partial charge >= 0.3 is 6.09 Å². The normalized spacial score (nSPS) is 21.4. The molecule has 1 atom stereocenters. The number of benzene rings is 1. The fourth-order valence-corrected chi connectivity index (χ4v) is 3.77. The molecule has 1 N–H and O–H groups in total. The van der Waals surface area contributed by atoms with Crippen LogP contribution in [0.1, 0.15) is 32.1 Å². The molecule has 0 radical (unpaired) electrons. The highest BCUT2D eigenvalue weighted by atomic mass is 19.1. The fraction of sp³-hybridized carbons (Fsp3) is 0.579. The van der Waals surface area contributed by atoms with Crippen LogP contribution >= 0.6 is 0 Å². The van der Waals surface area contributed by atoms with Crippen LogP contribution in [0.15, 0.2) is 24.3 Å². The number of rotatable bonds is 3. The number of methoxy groups -OCH3 is 1. The van der Waals surface area contributed by atoms with Crippen molar-refractivity contribution in [1.82, 2.24) is 10.2 Å². The Balaban J connectivity index is 1.52. The Hall–Kier alpha value is -2.31. The maximum atomic E-state index is 13.0. The smallest absolute Gasteiger partial charge is 0.410 e. The lowest BCUT2D eigenvalue weighted by Crippen LogP contribution is -2.55. The molecule has 0 spiro atoms. The van der Waals surface area contributed by atoms with Gasteiger partial charge < -0.3 is 15.0 Å². The second kappa shape index (κ2) is 8.38. The van der Waals surface area contributed by atoms with Crippen LogP contribution in [0.5, 0.6) is 0 Å². The molecule has 2 aliphatic heterocycles. The number of carbonyl (C=O) groups is 2. The van der Waals surface area contributed by atoms with E-state index in [-0.39, 0.29) is 17.8 Å². The molecular weight excluding hydrogens is 337 g/mol. The van der Waals surface area contributed by atoms with E-state index in [1.54, 1.807) is 12.1 Å². The third-order valence-corrected chi connectivity index (χ3v) is 5.25. The molecule has 1 aromatic rings. The minimum absolute atomic E-state index is 0.0877. The summed E-state index contributed by atoms with van der Waals surface area (Å²) in [7, 11) is 1.34. The average molecular weight is 363 g/mol. The number of nitrogens with zero attached hydrogens (tertiary/aromatic N) is 2. The molecule has 3 rings (SSSR count). The molecule has 0 aliphatic carbocycles. The van der Waals surface area contributed by atoms with Crippen LogP contribution in [0.2, 0.25) is 0 Å². The minimum atomic E-state index is -0.439. The zero-order valence-corrected chi connectivity index (χ0v) is 15.1. The van der Waals surface area contributed by atoms with Gasteiger partial charge in [-0.1, -0.05) is 0 Å². The number of piperidine rings is 2. The maximum Gasteiger partial charge on any atom is 0.410 e. The monoisotopic (exact) mass is 363 g/mol. The number of amides is 2. The topological polar surface area (TPSA) is 61.9 Å². The number of nitrogens with one attached hydrogen (secondary N) is 1. The van der Waals surface area contributed by atoms with Gasteiger partial charge in [0, 0.05) is 31.4 Å². The summed E-state index contributed by atoms with van der Waals surface area (Å²) in [5.41, 5.74) is 1.00. The summed E-state index contributed by atoms with van der Waals surface area (Å²) in [6.45, 7) is 2.18. The van der Waals surface area contributed by atoms with Crippen molar-refractivity contribution < 1.29 is 18.7 Å². The molecule has 6 nitrogen and oxygen atoms in total. The third kappa shape index (κ3) is 4.26. The van der Waals surface area contributed by atoms with Crippen molar-refractivity contribution in [3.8, 4) is 0 Å². The Labute approximate surface area is 153 Å². The first-order valence-corrected chi connectivity index (χ1v) is 9.24. The van der Waals surface area contributed by atoms with Gasteiger partial charge in [0.1, 0.15) is 11.9 Å². The third-order valence-electron chi connectivity index (χ3n) is 5.25. The Kier molecular flexibility index (Phi) is 5.96.